The molecule has 0 radical (unpaired) electrons. The van der Waals surface area contributed by atoms with Crippen molar-refractivity contribution >= 4 is 34.8 Å². The van der Waals surface area contributed by atoms with Gasteiger partial charge in [0, 0.05) is 23.3 Å². The SMILES string of the molecule is CC(=O)Nc1cccc(NC(=O)COc2cc(C)c(Cl)c(C)c2)c1. The molecule has 0 unspecified atom stereocenters. The molecule has 0 aliphatic heterocycles. The summed E-state index contributed by atoms with van der Waals surface area (Å²) < 4.78 is 5.51. The van der Waals surface area contributed by atoms with Gasteiger partial charge >= 0.3 is 0 Å². The van der Waals surface area contributed by atoms with Crippen molar-refractivity contribution in [2.24, 2.45) is 0 Å². The Bertz CT molecular complexity index is 752. The predicted molar refractivity (Wildman–Crippen MR) is 95.8 cm³/mol. The van der Waals surface area contributed by atoms with E-state index in [1.54, 1.807) is 36.4 Å². The van der Waals surface area contributed by atoms with Crippen LogP contribution in [0.25, 0.3) is 0 Å². The van der Waals surface area contributed by atoms with Gasteiger partial charge in [0.05, 0.1) is 0 Å². The van der Waals surface area contributed by atoms with E-state index >= 15 is 0 Å². The van der Waals surface area contributed by atoms with Crippen LogP contribution in [0.3, 0.4) is 0 Å². The Morgan fingerprint density at radius 2 is 1.62 bits per heavy atom. The summed E-state index contributed by atoms with van der Waals surface area (Å²) in [4.78, 5) is 23.1. The zero-order chi connectivity index (χ0) is 17.7. The van der Waals surface area contributed by atoms with Crippen LogP contribution in [0.4, 0.5) is 11.4 Å². The molecule has 2 N–H and O–H groups in total. The Hall–Kier alpha value is -2.53. The molecule has 5 nitrogen and oxygen atoms in total. The Balaban J connectivity index is 1.95. The molecule has 0 fully saturated rings. The first-order valence-corrected chi connectivity index (χ1v) is 7.80. The zero-order valence-electron chi connectivity index (χ0n) is 13.8. The number of amides is 2. The second-order valence-electron chi connectivity index (χ2n) is 5.47. The van der Waals surface area contributed by atoms with Gasteiger partial charge in [-0.15, -0.1) is 0 Å². The van der Waals surface area contributed by atoms with Crippen LogP contribution in [0.1, 0.15) is 18.1 Å². The molecule has 0 heterocycles. The molecule has 24 heavy (non-hydrogen) atoms. The van der Waals surface area contributed by atoms with Crippen LogP contribution in [-0.4, -0.2) is 18.4 Å². The third-order valence-corrected chi connectivity index (χ3v) is 3.84. The number of halogens is 1. The average Bonchev–Trinajstić information content (AvgIpc) is 2.50. The second-order valence-corrected chi connectivity index (χ2v) is 5.85. The van der Waals surface area contributed by atoms with Crippen LogP contribution < -0.4 is 15.4 Å². The maximum atomic E-state index is 12.0. The van der Waals surface area contributed by atoms with Crippen molar-refractivity contribution in [1.29, 1.82) is 0 Å². The number of rotatable bonds is 5. The van der Waals surface area contributed by atoms with Gasteiger partial charge in [-0.1, -0.05) is 17.7 Å². The fourth-order valence-electron chi connectivity index (χ4n) is 2.21. The third kappa shape index (κ3) is 4.99. The molecule has 0 aromatic heterocycles. The monoisotopic (exact) mass is 346 g/mol. The summed E-state index contributed by atoms with van der Waals surface area (Å²) in [5, 5.41) is 6.08. The van der Waals surface area contributed by atoms with Crippen LogP contribution in [0.2, 0.25) is 5.02 Å². The largest absolute Gasteiger partial charge is 0.484 e. The number of ether oxygens (including phenoxy) is 1. The van der Waals surface area contributed by atoms with Crippen LogP contribution in [0.15, 0.2) is 36.4 Å². The quantitative estimate of drug-likeness (QED) is 0.861. The number of hydrogen-bond acceptors (Lipinski definition) is 3. The lowest BCUT2D eigenvalue weighted by molar-refractivity contribution is -0.118. The van der Waals surface area contributed by atoms with Crippen molar-refractivity contribution in [2.75, 3.05) is 17.2 Å². The van der Waals surface area contributed by atoms with Crippen LogP contribution in [-0.2, 0) is 9.59 Å². The Labute approximate surface area is 146 Å². The van der Waals surface area contributed by atoms with Gasteiger partial charge in [0.1, 0.15) is 5.75 Å². The van der Waals surface area contributed by atoms with E-state index in [0.717, 1.165) is 11.1 Å². The van der Waals surface area contributed by atoms with E-state index in [1.807, 2.05) is 13.8 Å². The van der Waals surface area contributed by atoms with Crippen molar-refractivity contribution in [2.45, 2.75) is 20.8 Å². The number of aryl methyl sites for hydroxylation is 2. The summed E-state index contributed by atoms with van der Waals surface area (Å²) in [6.07, 6.45) is 0. The van der Waals surface area contributed by atoms with E-state index in [-0.39, 0.29) is 18.4 Å². The molecule has 0 atom stereocenters. The first-order valence-electron chi connectivity index (χ1n) is 7.42. The molecule has 2 aromatic rings. The molecular weight excluding hydrogens is 328 g/mol. The zero-order valence-corrected chi connectivity index (χ0v) is 14.5. The normalized spacial score (nSPS) is 10.2. The Morgan fingerprint density at radius 3 is 2.21 bits per heavy atom. The highest BCUT2D eigenvalue weighted by Gasteiger charge is 2.07. The van der Waals surface area contributed by atoms with Crippen LogP contribution in [0, 0.1) is 13.8 Å². The van der Waals surface area contributed by atoms with E-state index in [0.29, 0.717) is 22.1 Å². The standard InChI is InChI=1S/C18H19ClN2O3/c1-11-7-16(8-12(2)18(11)19)24-10-17(23)21-15-6-4-5-14(9-15)20-13(3)22/h4-9H,10H2,1-3H3,(H,20,22)(H,21,23). The number of nitrogens with one attached hydrogen (secondary N) is 2. The van der Waals surface area contributed by atoms with Crippen molar-refractivity contribution in [3.05, 3.63) is 52.5 Å². The third-order valence-electron chi connectivity index (χ3n) is 3.25. The Kier molecular flexibility index (Phi) is 5.82. The van der Waals surface area contributed by atoms with E-state index < -0.39 is 0 Å². The highest BCUT2D eigenvalue weighted by atomic mass is 35.5. The fourth-order valence-corrected chi connectivity index (χ4v) is 2.32. The first kappa shape index (κ1) is 17.8. The number of benzene rings is 2. The topological polar surface area (TPSA) is 67.4 Å². The molecule has 2 rings (SSSR count). The van der Waals surface area contributed by atoms with Crippen molar-refractivity contribution in [1.82, 2.24) is 0 Å². The smallest absolute Gasteiger partial charge is 0.262 e. The molecular formula is C18H19ClN2O3. The predicted octanol–water partition coefficient (Wildman–Crippen LogP) is 3.93. The molecule has 2 amide bonds. The molecule has 0 aliphatic carbocycles. The lowest BCUT2D eigenvalue weighted by Crippen LogP contribution is -2.20. The minimum absolute atomic E-state index is 0.120. The maximum Gasteiger partial charge on any atom is 0.262 e. The van der Waals surface area contributed by atoms with Crippen molar-refractivity contribution < 1.29 is 14.3 Å². The van der Waals surface area contributed by atoms with Gasteiger partial charge in [-0.3, -0.25) is 9.59 Å². The van der Waals surface area contributed by atoms with Crippen LogP contribution in [0.5, 0.6) is 5.75 Å². The van der Waals surface area contributed by atoms with E-state index in [2.05, 4.69) is 10.6 Å². The summed E-state index contributed by atoms with van der Waals surface area (Å²) in [5.41, 5.74) is 2.99. The summed E-state index contributed by atoms with van der Waals surface area (Å²) in [7, 11) is 0. The van der Waals surface area contributed by atoms with E-state index in [9.17, 15) is 9.59 Å². The number of carbonyl (C=O) groups is 2. The van der Waals surface area contributed by atoms with Gasteiger partial charge in [0.2, 0.25) is 5.91 Å². The van der Waals surface area contributed by atoms with Gasteiger partial charge in [-0.25, -0.2) is 0 Å². The fraction of sp³-hybridized carbons (Fsp3) is 0.222. The van der Waals surface area contributed by atoms with Gasteiger partial charge in [-0.2, -0.15) is 0 Å². The molecule has 0 spiro atoms. The van der Waals surface area contributed by atoms with Crippen molar-refractivity contribution in [3.8, 4) is 5.75 Å². The van der Waals surface area contributed by atoms with E-state index in [4.69, 9.17) is 16.3 Å². The van der Waals surface area contributed by atoms with Gasteiger partial charge in [0.25, 0.3) is 5.91 Å². The number of carbonyl (C=O) groups excluding carboxylic acids is 2. The number of hydrogen-bond donors (Lipinski definition) is 2. The highest BCUT2D eigenvalue weighted by Crippen LogP contribution is 2.25. The van der Waals surface area contributed by atoms with Gasteiger partial charge in [-0.05, 0) is 55.3 Å². The lowest BCUT2D eigenvalue weighted by atomic mass is 10.1. The summed E-state index contributed by atoms with van der Waals surface area (Å²) in [6, 6.07) is 10.5. The summed E-state index contributed by atoms with van der Waals surface area (Å²) >= 11 is 6.11. The van der Waals surface area contributed by atoms with Gasteiger partial charge in [0.15, 0.2) is 6.61 Å². The van der Waals surface area contributed by atoms with Crippen LogP contribution >= 0.6 is 11.6 Å². The molecule has 6 heteroatoms. The second kappa shape index (κ2) is 7.84. The van der Waals surface area contributed by atoms with Crippen molar-refractivity contribution in [3.63, 3.8) is 0 Å². The molecule has 0 bridgehead atoms. The molecule has 2 aromatic carbocycles. The molecule has 126 valence electrons. The lowest BCUT2D eigenvalue weighted by Gasteiger charge is -2.11. The van der Waals surface area contributed by atoms with E-state index in [1.165, 1.54) is 6.92 Å². The molecule has 0 saturated heterocycles. The number of anilines is 2. The minimum Gasteiger partial charge on any atom is -0.484 e. The average molecular weight is 347 g/mol. The minimum atomic E-state index is -0.291. The summed E-state index contributed by atoms with van der Waals surface area (Å²) in [5.74, 6) is 0.132. The van der Waals surface area contributed by atoms with Gasteiger partial charge < -0.3 is 15.4 Å². The highest BCUT2D eigenvalue weighted by molar-refractivity contribution is 6.32. The Morgan fingerprint density at radius 1 is 1.04 bits per heavy atom. The first-order chi connectivity index (χ1) is 11.3. The maximum absolute atomic E-state index is 12.0. The summed E-state index contributed by atoms with van der Waals surface area (Å²) in [6.45, 7) is 5.08. The molecule has 0 aliphatic rings. The molecule has 0 saturated carbocycles.